The Bertz CT molecular complexity index is 805. The molecule has 154 valence electrons. The average molecular weight is 433 g/mol. The molecule has 1 atom stereocenters. The highest BCUT2D eigenvalue weighted by Crippen LogP contribution is 2.45. The molecule has 2 aliphatic rings. The second-order valence-electron chi connectivity index (χ2n) is 7.12. The van der Waals surface area contributed by atoms with Gasteiger partial charge in [0.05, 0.1) is 23.8 Å². The van der Waals surface area contributed by atoms with Gasteiger partial charge in [-0.25, -0.2) is 4.39 Å². The number of thioether (sulfide) groups is 2. The van der Waals surface area contributed by atoms with Crippen molar-refractivity contribution in [2.24, 2.45) is 0 Å². The van der Waals surface area contributed by atoms with Gasteiger partial charge in [0.15, 0.2) is 0 Å². The fraction of sp³-hybridized carbons (Fsp3) is 0.409. The number of rotatable bonds is 6. The quantitative estimate of drug-likeness (QED) is 0.744. The lowest BCUT2D eigenvalue weighted by atomic mass is 10.0. The first-order chi connectivity index (χ1) is 14.2. The standard InChI is InChI=1S/C22H25FN2O2S2/c23-19-7-5-16(6-8-19)20(25-9-11-27-12-10-25)15-24-21(26)17-1-3-18(4-2-17)22-28-13-14-29-22/h1-8,20,22H,9-15H2,(H,24,26)/t20-/m0/s1. The number of carbonyl (C=O) groups is 1. The van der Waals surface area contributed by atoms with Gasteiger partial charge in [0.2, 0.25) is 0 Å². The summed E-state index contributed by atoms with van der Waals surface area (Å²) in [5, 5.41) is 3.07. The molecule has 0 aromatic heterocycles. The van der Waals surface area contributed by atoms with Gasteiger partial charge < -0.3 is 10.1 Å². The van der Waals surface area contributed by atoms with Crippen molar-refractivity contribution in [2.75, 3.05) is 44.4 Å². The van der Waals surface area contributed by atoms with Gasteiger partial charge >= 0.3 is 0 Å². The van der Waals surface area contributed by atoms with Gasteiger partial charge in [-0.2, -0.15) is 0 Å². The van der Waals surface area contributed by atoms with E-state index in [0.717, 1.165) is 18.7 Å². The van der Waals surface area contributed by atoms with Crippen LogP contribution in [0.3, 0.4) is 0 Å². The molecule has 0 spiro atoms. The van der Waals surface area contributed by atoms with Gasteiger partial charge in [-0.1, -0.05) is 24.3 Å². The molecule has 4 rings (SSSR count). The Morgan fingerprint density at radius 1 is 1.07 bits per heavy atom. The highest BCUT2D eigenvalue weighted by molar-refractivity contribution is 8.19. The first-order valence-corrected chi connectivity index (χ1v) is 12.0. The number of nitrogens with one attached hydrogen (secondary N) is 1. The molecule has 0 radical (unpaired) electrons. The molecule has 29 heavy (non-hydrogen) atoms. The zero-order valence-corrected chi connectivity index (χ0v) is 17.8. The molecule has 7 heteroatoms. The Kier molecular flexibility index (Phi) is 7.13. The number of morpholine rings is 1. The Morgan fingerprint density at radius 3 is 2.38 bits per heavy atom. The largest absolute Gasteiger partial charge is 0.379 e. The van der Waals surface area contributed by atoms with Crippen LogP contribution in [0.1, 0.15) is 32.1 Å². The van der Waals surface area contributed by atoms with Crippen molar-refractivity contribution in [3.63, 3.8) is 0 Å². The van der Waals surface area contributed by atoms with Crippen LogP contribution < -0.4 is 5.32 Å². The van der Waals surface area contributed by atoms with Crippen molar-refractivity contribution < 1.29 is 13.9 Å². The second kappa shape index (κ2) is 9.98. The van der Waals surface area contributed by atoms with Gasteiger partial charge in [-0.05, 0) is 35.4 Å². The van der Waals surface area contributed by atoms with Crippen LogP contribution in [0.25, 0.3) is 0 Å². The van der Waals surface area contributed by atoms with E-state index < -0.39 is 0 Å². The molecule has 2 aromatic carbocycles. The molecule has 0 bridgehead atoms. The molecule has 2 heterocycles. The maximum absolute atomic E-state index is 13.4. The van der Waals surface area contributed by atoms with E-state index in [-0.39, 0.29) is 17.8 Å². The number of benzene rings is 2. The lowest BCUT2D eigenvalue weighted by molar-refractivity contribution is 0.0162. The van der Waals surface area contributed by atoms with E-state index in [4.69, 9.17) is 4.74 Å². The van der Waals surface area contributed by atoms with Crippen molar-refractivity contribution >= 4 is 29.4 Å². The summed E-state index contributed by atoms with van der Waals surface area (Å²) in [7, 11) is 0. The summed E-state index contributed by atoms with van der Waals surface area (Å²) in [6.07, 6.45) is 0. The Hall–Kier alpha value is -1.54. The summed E-state index contributed by atoms with van der Waals surface area (Å²) in [5.74, 6) is 2.04. The van der Waals surface area contributed by atoms with Crippen LogP contribution in [0.4, 0.5) is 4.39 Å². The summed E-state index contributed by atoms with van der Waals surface area (Å²) in [6.45, 7) is 3.40. The van der Waals surface area contributed by atoms with Crippen LogP contribution in [0.5, 0.6) is 0 Å². The van der Waals surface area contributed by atoms with E-state index in [2.05, 4.69) is 22.3 Å². The Morgan fingerprint density at radius 2 is 1.72 bits per heavy atom. The fourth-order valence-electron chi connectivity index (χ4n) is 3.67. The predicted octanol–water partition coefficient (Wildman–Crippen LogP) is 4.11. The normalized spacial score (nSPS) is 19.2. The molecule has 0 saturated carbocycles. The number of carbonyl (C=O) groups excluding carboxylic acids is 1. The fourth-order valence-corrected chi connectivity index (χ4v) is 6.53. The van der Waals surface area contributed by atoms with E-state index in [1.807, 2.05) is 35.7 Å². The summed E-state index contributed by atoms with van der Waals surface area (Å²) in [6, 6.07) is 14.5. The molecule has 1 N–H and O–H groups in total. The van der Waals surface area contributed by atoms with Crippen molar-refractivity contribution in [3.05, 3.63) is 71.0 Å². The van der Waals surface area contributed by atoms with Crippen molar-refractivity contribution in [1.82, 2.24) is 10.2 Å². The number of nitrogens with zero attached hydrogens (tertiary/aromatic N) is 1. The minimum absolute atomic E-state index is 0.00554. The Balaban J connectivity index is 1.42. The summed E-state index contributed by atoms with van der Waals surface area (Å²) >= 11 is 3.92. The van der Waals surface area contributed by atoms with Crippen LogP contribution in [0.15, 0.2) is 48.5 Å². The topological polar surface area (TPSA) is 41.6 Å². The molecular weight excluding hydrogens is 407 g/mol. The van der Waals surface area contributed by atoms with Crippen molar-refractivity contribution in [3.8, 4) is 0 Å². The van der Waals surface area contributed by atoms with Crippen LogP contribution in [0.2, 0.25) is 0 Å². The maximum Gasteiger partial charge on any atom is 0.251 e. The SMILES string of the molecule is O=C(NC[C@@H](c1ccc(F)cc1)N1CCOCC1)c1ccc(C2SCCS2)cc1. The minimum atomic E-state index is -0.253. The summed E-state index contributed by atoms with van der Waals surface area (Å²) in [5.41, 5.74) is 2.94. The Labute approximate surface area is 179 Å². The number of hydrogen-bond acceptors (Lipinski definition) is 5. The minimum Gasteiger partial charge on any atom is -0.379 e. The third-order valence-electron chi connectivity index (χ3n) is 5.26. The first kappa shape index (κ1) is 20.7. The number of amides is 1. The van der Waals surface area contributed by atoms with Gasteiger partial charge in [-0.3, -0.25) is 9.69 Å². The lowest BCUT2D eigenvalue weighted by Gasteiger charge is -2.35. The van der Waals surface area contributed by atoms with Crippen LogP contribution in [-0.4, -0.2) is 55.2 Å². The van der Waals surface area contributed by atoms with Gasteiger partial charge in [0.25, 0.3) is 5.91 Å². The van der Waals surface area contributed by atoms with Crippen LogP contribution >= 0.6 is 23.5 Å². The molecule has 1 amide bonds. The molecule has 2 fully saturated rings. The van der Waals surface area contributed by atoms with E-state index in [9.17, 15) is 9.18 Å². The molecule has 2 aliphatic heterocycles. The molecule has 0 aliphatic carbocycles. The van der Waals surface area contributed by atoms with Gasteiger partial charge in [0.1, 0.15) is 5.82 Å². The van der Waals surface area contributed by atoms with Gasteiger partial charge in [-0.15, -0.1) is 23.5 Å². The predicted molar refractivity (Wildman–Crippen MR) is 118 cm³/mol. The van der Waals surface area contributed by atoms with Gasteiger partial charge in [0, 0.05) is 36.7 Å². The average Bonchev–Trinajstić information content (AvgIpc) is 3.31. The highest BCUT2D eigenvalue weighted by atomic mass is 32.2. The molecule has 2 saturated heterocycles. The second-order valence-corrected chi connectivity index (χ2v) is 9.85. The molecule has 2 aromatic rings. The van der Waals surface area contributed by atoms with Crippen LogP contribution in [0, 0.1) is 5.82 Å². The molecule has 0 unspecified atom stereocenters. The first-order valence-electron chi connectivity index (χ1n) is 9.89. The zero-order valence-electron chi connectivity index (χ0n) is 16.2. The lowest BCUT2D eigenvalue weighted by Crippen LogP contribution is -2.43. The number of ether oxygens (including phenoxy) is 1. The number of hydrogen-bond donors (Lipinski definition) is 1. The van der Waals surface area contributed by atoms with Crippen molar-refractivity contribution in [1.29, 1.82) is 0 Å². The van der Waals surface area contributed by atoms with E-state index in [1.54, 1.807) is 12.1 Å². The molecule has 4 nitrogen and oxygen atoms in total. The van der Waals surface area contributed by atoms with E-state index in [0.29, 0.717) is 29.9 Å². The van der Waals surface area contributed by atoms with E-state index in [1.165, 1.54) is 29.2 Å². The summed E-state index contributed by atoms with van der Waals surface area (Å²) in [4.78, 5) is 15.0. The maximum atomic E-state index is 13.4. The third-order valence-corrected chi connectivity index (χ3v) is 8.37. The third kappa shape index (κ3) is 5.34. The van der Waals surface area contributed by atoms with E-state index >= 15 is 0 Å². The highest BCUT2D eigenvalue weighted by Gasteiger charge is 2.24. The van der Waals surface area contributed by atoms with Crippen LogP contribution in [-0.2, 0) is 4.74 Å². The zero-order chi connectivity index (χ0) is 20.1. The number of halogens is 1. The monoisotopic (exact) mass is 432 g/mol. The summed E-state index contributed by atoms with van der Waals surface area (Å²) < 4.78 is 19.3. The van der Waals surface area contributed by atoms with Crippen molar-refractivity contribution in [2.45, 2.75) is 10.6 Å². The smallest absolute Gasteiger partial charge is 0.251 e. The molecular formula is C22H25FN2O2S2.